The number of esters is 2. The molecule has 2 fully saturated rings. The fourth-order valence-corrected chi connectivity index (χ4v) is 5.30. The summed E-state index contributed by atoms with van der Waals surface area (Å²) >= 11 is 2.44. The highest BCUT2D eigenvalue weighted by atomic mass is 32.2. The van der Waals surface area contributed by atoms with E-state index in [0.717, 1.165) is 11.3 Å². The number of hydrogen-bond donors (Lipinski definition) is 2. The van der Waals surface area contributed by atoms with Gasteiger partial charge in [-0.3, -0.25) is 19.2 Å². The molecule has 14 heteroatoms. The minimum atomic E-state index is -1.16. The Bertz CT molecular complexity index is 997. The SMILES string of the molecule is C=CC1(C(=O)OCOC(=O)CC)CS[C@@H]2C(NC(=O)C(=NOC)c3csc(N)n3)C(=O)N2C1. The molecular formula is C19H23N5O7S2. The number of oxime groups is 1. The average Bonchev–Trinajstić information content (AvgIpc) is 3.25. The normalized spacial score (nSPS) is 24.2. The molecule has 0 aliphatic carbocycles. The van der Waals surface area contributed by atoms with E-state index < -0.39 is 36.1 Å². The lowest BCUT2D eigenvalue weighted by Gasteiger charge is -2.53. The zero-order valence-electron chi connectivity index (χ0n) is 17.9. The lowest BCUT2D eigenvalue weighted by Crippen LogP contribution is -2.73. The van der Waals surface area contributed by atoms with Crippen molar-refractivity contribution in [1.29, 1.82) is 0 Å². The van der Waals surface area contributed by atoms with Crippen LogP contribution in [0.1, 0.15) is 19.0 Å². The predicted octanol–water partition coefficient (Wildman–Crippen LogP) is 0.102. The Morgan fingerprint density at radius 3 is 2.82 bits per heavy atom. The summed E-state index contributed by atoms with van der Waals surface area (Å²) in [6.07, 6.45) is 1.58. The second-order valence-electron chi connectivity index (χ2n) is 7.09. The first kappa shape index (κ1) is 24.5. The van der Waals surface area contributed by atoms with E-state index in [1.807, 2.05) is 0 Å². The maximum Gasteiger partial charge on any atom is 0.321 e. The van der Waals surface area contributed by atoms with Gasteiger partial charge in [0.2, 0.25) is 12.7 Å². The molecule has 2 aliphatic rings. The van der Waals surface area contributed by atoms with Crippen molar-refractivity contribution in [1.82, 2.24) is 15.2 Å². The smallest absolute Gasteiger partial charge is 0.321 e. The molecule has 3 rings (SSSR count). The molecule has 33 heavy (non-hydrogen) atoms. The maximum absolute atomic E-state index is 12.8. The minimum Gasteiger partial charge on any atom is -0.428 e. The standard InChI is InChI=1S/C19H23N5O7S2/c1-4-11(25)30-9-31-17(28)19(5-2)7-24-15(27)13(16(24)33-8-19)22-14(26)12(23-29-3)10-6-32-18(20)21-10/h5-6,13,16H,2,4,7-9H2,1,3H3,(H2,20,21)(H,22,26)/t13?,16-,19?/m1/s1. The molecule has 0 radical (unpaired) electrons. The number of nitrogen functional groups attached to an aromatic ring is 1. The molecule has 3 N–H and O–H groups in total. The lowest BCUT2D eigenvalue weighted by atomic mass is 9.87. The van der Waals surface area contributed by atoms with Crippen molar-refractivity contribution in [2.24, 2.45) is 10.6 Å². The van der Waals surface area contributed by atoms with Crippen LogP contribution in [0.4, 0.5) is 5.13 Å². The van der Waals surface area contributed by atoms with Crippen LogP contribution in [0.3, 0.4) is 0 Å². The van der Waals surface area contributed by atoms with Gasteiger partial charge < -0.3 is 30.3 Å². The van der Waals surface area contributed by atoms with Crippen LogP contribution in [0.5, 0.6) is 0 Å². The monoisotopic (exact) mass is 497 g/mol. The Morgan fingerprint density at radius 1 is 1.45 bits per heavy atom. The van der Waals surface area contributed by atoms with Crippen LogP contribution in [0.2, 0.25) is 0 Å². The molecule has 0 aromatic carbocycles. The van der Waals surface area contributed by atoms with Crippen LogP contribution in [0, 0.1) is 5.41 Å². The number of thioether (sulfide) groups is 1. The van der Waals surface area contributed by atoms with Crippen molar-refractivity contribution >= 4 is 57.7 Å². The molecule has 178 valence electrons. The molecule has 12 nitrogen and oxygen atoms in total. The van der Waals surface area contributed by atoms with Gasteiger partial charge in [-0.05, 0) is 0 Å². The fourth-order valence-electron chi connectivity index (χ4n) is 3.22. The van der Waals surface area contributed by atoms with Crippen molar-refractivity contribution in [2.75, 3.05) is 31.9 Å². The largest absolute Gasteiger partial charge is 0.428 e. The van der Waals surface area contributed by atoms with Gasteiger partial charge in [-0.15, -0.1) is 29.7 Å². The number of carbonyl (C=O) groups is 4. The van der Waals surface area contributed by atoms with Crippen LogP contribution >= 0.6 is 23.1 Å². The Kier molecular flexibility index (Phi) is 7.58. The molecular weight excluding hydrogens is 474 g/mol. The second kappa shape index (κ2) is 10.2. The number of nitrogens with two attached hydrogens (primary N) is 1. The summed E-state index contributed by atoms with van der Waals surface area (Å²) in [6.45, 7) is 4.86. The van der Waals surface area contributed by atoms with Crippen LogP contribution in [-0.2, 0) is 33.5 Å². The number of carbonyl (C=O) groups excluding carboxylic acids is 4. The third-order valence-electron chi connectivity index (χ3n) is 5.05. The molecule has 2 amide bonds. The third-order valence-corrected chi connectivity index (χ3v) is 7.27. The first-order valence-electron chi connectivity index (χ1n) is 9.78. The number of thiazole rings is 1. The molecule has 2 aliphatic heterocycles. The van der Waals surface area contributed by atoms with E-state index in [1.165, 1.54) is 29.8 Å². The van der Waals surface area contributed by atoms with Gasteiger partial charge in [-0.1, -0.05) is 18.2 Å². The van der Waals surface area contributed by atoms with Crippen molar-refractivity contribution < 1.29 is 33.5 Å². The molecule has 1 aromatic heterocycles. The summed E-state index contributed by atoms with van der Waals surface area (Å²) in [4.78, 5) is 59.6. The number of aromatic nitrogens is 1. The van der Waals surface area contributed by atoms with Crippen molar-refractivity contribution in [3.8, 4) is 0 Å². The van der Waals surface area contributed by atoms with E-state index in [4.69, 9.17) is 20.0 Å². The Labute approximate surface area is 197 Å². The van der Waals surface area contributed by atoms with E-state index in [1.54, 1.807) is 12.3 Å². The molecule has 0 bridgehead atoms. The van der Waals surface area contributed by atoms with E-state index >= 15 is 0 Å². The van der Waals surface area contributed by atoms with E-state index in [2.05, 4.69) is 22.0 Å². The van der Waals surface area contributed by atoms with Crippen molar-refractivity contribution in [2.45, 2.75) is 24.8 Å². The van der Waals surface area contributed by atoms with Crippen molar-refractivity contribution in [3.63, 3.8) is 0 Å². The highest BCUT2D eigenvalue weighted by molar-refractivity contribution is 8.00. The van der Waals surface area contributed by atoms with Crippen LogP contribution in [0.15, 0.2) is 23.2 Å². The Morgan fingerprint density at radius 2 is 2.21 bits per heavy atom. The molecule has 3 heterocycles. The second-order valence-corrected chi connectivity index (χ2v) is 9.09. The summed E-state index contributed by atoms with van der Waals surface area (Å²) in [6, 6.07) is -0.815. The van der Waals surface area contributed by atoms with Gasteiger partial charge in [-0.2, -0.15) is 0 Å². The zero-order chi connectivity index (χ0) is 24.2. The number of rotatable bonds is 9. The first-order valence-corrected chi connectivity index (χ1v) is 11.7. The molecule has 0 spiro atoms. The minimum absolute atomic E-state index is 0.0293. The summed E-state index contributed by atoms with van der Waals surface area (Å²) in [5.41, 5.74) is 4.58. The molecule has 2 unspecified atom stereocenters. The van der Waals surface area contributed by atoms with Gasteiger partial charge in [0.05, 0.1) is 0 Å². The number of nitrogens with one attached hydrogen (secondary N) is 1. The highest BCUT2D eigenvalue weighted by Gasteiger charge is 2.57. The predicted molar refractivity (Wildman–Crippen MR) is 120 cm³/mol. The zero-order valence-corrected chi connectivity index (χ0v) is 19.6. The van der Waals surface area contributed by atoms with E-state index in [-0.39, 0.29) is 46.5 Å². The average molecular weight is 498 g/mol. The molecule has 0 saturated carbocycles. The highest BCUT2D eigenvalue weighted by Crippen LogP contribution is 2.43. The molecule has 3 atom stereocenters. The van der Waals surface area contributed by atoms with Gasteiger partial charge in [0.25, 0.3) is 5.91 Å². The molecule has 1 aromatic rings. The third kappa shape index (κ3) is 4.95. The quantitative estimate of drug-likeness (QED) is 0.119. The number of amides is 2. The number of hydrogen-bond acceptors (Lipinski definition) is 12. The van der Waals surface area contributed by atoms with Gasteiger partial charge in [0.15, 0.2) is 10.8 Å². The van der Waals surface area contributed by atoms with E-state index in [0.29, 0.717) is 0 Å². The van der Waals surface area contributed by atoms with Gasteiger partial charge in [0.1, 0.15) is 29.6 Å². The summed E-state index contributed by atoms with van der Waals surface area (Å²) < 4.78 is 9.85. The number of fused-ring (bicyclic) bond motifs is 1. The molecule has 2 saturated heterocycles. The Hall–Kier alpha value is -3.13. The summed E-state index contributed by atoms with van der Waals surface area (Å²) in [5, 5.41) is 7.78. The number of anilines is 1. The van der Waals surface area contributed by atoms with Crippen LogP contribution in [0.25, 0.3) is 0 Å². The maximum atomic E-state index is 12.8. The lowest BCUT2D eigenvalue weighted by molar-refractivity contribution is -0.174. The van der Waals surface area contributed by atoms with Crippen LogP contribution in [-0.4, -0.2) is 77.0 Å². The fraction of sp³-hybridized carbons (Fsp3) is 0.474. The summed E-state index contributed by atoms with van der Waals surface area (Å²) in [7, 11) is 1.29. The van der Waals surface area contributed by atoms with Gasteiger partial charge in [-0.25, -0.2) is 4.98 Å². The number of β-lactam (4-membered cyclic amide) rings is 1. The van der Waals surface area contributed by atoms with Crippen LogP contribution < -0.4 is 11.1 Å². The number of ether oxygens (including phenoxy) is 2. The first-order chi connectivity index (χ1) is 15.8. The number of nitrogens with zero attached hydrogens (tertiary/aromatic N) is 3. The van der Waals surface area contributed by atoms with E-state index in [9.17, 15) is 19.2 Å². The van der Waals surface area contributed by atoms with Gasteiger partial charge in [0, 0.05) is 24.1 Å². The summed E-state index contributed by atoms with van der Waals surface area (Å²) in [5.74, 6) is -1.89. The topological polar surface area (TPSA) is 163 Å². The van der Waals surface area contributed by atoms with Crippen molar-refractivity contribution in [3.05, 3.63) is 23.7 Å². The van der Waals surface area contributed by atoms with Gasteiger partial charge >= 0.3 is 11.9 Å². The Balaban J connectivity index is 1.63.